The van der Waals surface area contributed by atoms with Crippen LogP contribution in [0.4, 0.5) is 8.78 Å². The summed E-state index contributed by atoms with van der Waals surface area (Å²) in [6.07, 6.45) is 3.23. The van der Waals surface area contributed by atoms with Gasteiger partial charge in [0, 0.05) is 37.1 Å². The van der Waals surface area contributed by atoms with Gasteiger partial charge in [-0.3, -0.25) is 14.1 Å². The van der Waals surface area contributed by atoms with Crippen molar-refractivity contribution in [2.45, 2.75) is 12.6 Å². The van der Waals surface area contributed by atoms with Crippen LogP contribution in [0, 0.1) is 11.6 Å². The van der Waals surface area contributed by atoms with Crippen LogP contribution in [0.3, 0.4) is 0 Å². The molecule has 0 aliphatic carbocycles. The van der Waals surface area contributed by atoms with E-state index in [2.05, 4.69) is 14.9 Å². The fourth-order valence-electron chi connectivity index (χ4n) is 3.64. The number of nitrogens with one attached hydrogen (secondary N) is 1. The Kier molecular flexibility index (Phi) is 4.55. The van der Waals surface area contributed by atoms with Gasteiger partial charge < -0.3 is 9.72 Å². The second-order valence-corrected chi connectivity index (χ2v) is 7.32. The number of aromatic amines is 1. The van der Waals surface area contributed by atoms with Crippen molar-refractivity contribution in [1.29, 1.82) is 0 Å². The van der Waals surface area contributed by atoms with Gasteiger partial charge in [0.05, 0.1) is 6.20 Å². The summed E-state index contributed by atoms with van der Waals surface area (Å²) in [4.78, 5) is 21.8. The van der Waals surface area contributed by atoms with E-state index in [9.17, 15) is 13.6 Å². The summed E-state index contributed by atoms with van der Waals surface area (Å²) in [7, 11) is 0. The van der Waals surface area contributed by atoms with Crippen molar-refractivity contribution in [2.75, 3.05) is 13.1 Å². The molecule has 0 bridgehead atoms. The second kappa shape index (κ2) is 7.38. The number of nitrogens with zero attached hydrogens (tertiary/aromatic N) is 3. The monoisotopic (exact) mass is 408 g/mol. The molecule has 1 aliphatic rings. The van der Waals surface area contributed by atoms with Crippen molar-refractivity contribution < 1.29 is 13.5 Å². The van der Waals surface area contributed by atoms with E-state index in [0.717, 1.165) is 11.3 Å². The minimum Gasteiger partial charge on any atom is -0.485 e. The summed E-state index contributed by atoms with van der Waals surface area (Å²) in [6, 6.07) is 12.3. The third kappa shape index (κ3) is 3.46. The molecule has 2 aromatic heterocycles. The predicted octanol–water partition coefficient (Wildman–Crippen LogP) is 3.23. The third-order valence-electron chi connectivity index (χ3n) is 5.14. The Morgan fingerprint density at radius 1 is 1.10 bits per heavy atom. The maximum Gasteiger partial charge on any atom is 0.274 e. The van der Waals surface area contributed by atoms with Crippen molar-refractivity contribution in [3.8, 4) is 17.1 Å². The summed E-state index contributed by atoms with van der Waals surface area (Å²) >= 11 is 0. The highest BCUT2D eigenvalue weighted by molar-refractivity contribution is 5.61. The van der Waals surface area contributed by atoms with E-state index in [1.165, 1.54) is 24.4 Å². The molecule has 5 rings (SSSR count). The van der Waals surface area contributed by atoms with Gasteiger partial charge in [0.1, 0.15) is 23.3 Å². The van der Waals surface area contributed by atoms with Gasteiger partial charge in [-0.05, 0) is 36.4 Å². The highest BCUT2D eigenvalue weighted by atomic mass is 19.1. The normalized spacial score (nSPS) is 14.7. The number of aromatic nitrogens is 3. The number of halogens is 2. The highest BCUT2D eigenvalue weighted by Crippen LogP contribution is 2.23. The molecule has 0 saturated carbocycles. The van der Waals surface area contributed by atoms with Crippen molar-refractivity contribution in [3.05, 3.63) is 88.6 Å². The van der Waals surface area contributed by atoms with Gasteiger partial charge >= 0.3 is 0 Å². The number of para-hydroxylation sites is 1. The minimum absolute atomic E-state index is 0.0969. The lowest BCUT2D eigenvalue weighted by Crippen LogP contribution is -2.53. The van der Waals surface area contributed by atoms with Gasteiger partial charge in [0.25, 0.3) is 5.56 Å². The smallest absolute Gasteiger partial charge is 0.274 e. The summed E-state index contributed by atoms with van der Waals surface area (Å²) in [5, 5.41) is 0. The van der Waals surface area contributed by atoms with E-state index in [4.69, 9.17) is 4.74 Å². The molecule has 1 fully saturated rings. The average Bonchev–Trinajstić information content (AvgIpc) is 3.13. The summed E-state index contributed by atoms with van der Waals surface area (Å²) in [6.45, 7) is 1.77. The maximum absolute atomic E-state index is 13.7. The Balaban J connectivity index is 1.32. The number of H-pyrrole nitrogens is 1. The first-order valence-corrected chi connectivity index (χ1v) is 9.55. The third-order valence-corrected chi connectivity index (χ3v) is 5.14. The number of ether oxygens (including phenoxy) is 1. The summed E-state index contributed by atoms with van der Waals surface area (Å²) in [5.41, 5.74) is 1.61. The number of imidazole rings is 1. The van der Waals surface area contributed by atoms with Gasteiger partial charge in [-0.2, -0.15) is 0 Å². The molecule has 3 heterocycles. The predicted molar refractivity (Wildman–Crippen MR) is 107 cm³/mol. The fraction of sp³-hybridized carbons (Fsp3) is 0.182. The Hall–Kier alpha value is -3.52. The number of likely N-dealkylation sites (tertiary alicyclic amines) is 1. The van der Waals surface area contributed by atoms with E-state index in [1.807, 2.05) is 6.20 Å². The molecule has 1 N–H and O–H groups in total. The number of benzene rings is 2. The van der Waals surface area contributed by atoms with Gasteiger partial charge in [0.2, 0.25) is 0 Å². The topological polar surface area (TPSA) is 62.6 Å². The molecular formula is C22H18F2N4O2. The molecule has 0 spiro atoms. The number of fused-ring (bicyclic) bond motifs is 1. The van der Waals surface area contributed by atoms with Gasteiger partial charge in [0.15, 0.2) is 11.6 Å². The SMILES string of the molecule is O=c1[nH]c(CN2CC(Oc3ccccc3F)C2)cn2c(-c3ccc(F)cc3)ncc12. The molecule has 6 nitrogen and oxygen atoms in total. The largest absolute Gasteiger partial charge is 0.485 e. The van der Waals surface area contributed by atoms with E-state index < -0.39 is 0 Å². The molecule has 152 valence electrons. The van der Waals surface area contributed by atoms with Crippen molar-refractivity contribution >= 4 is 5.52 Å². The van der Waals surface area contributed by atoms with Crippen molar-refractivity contribution in [3.63, 3.8) is 0 Å². The summed E-state index contributed by atoms with van der Waals surface area (Å²) < 4.78 is 34.3. The molecule has 8 heteroatoms. The van der Waals surface area contributed by atoms with Crippen LogP contribution in [-0.2, 0) is 6.54 Å². The Labute approximate surface area is 170 Å². The van der Waals surface area contributed by atoms with E-state index in [-0.39, 0.29) is 29.0 Å². The second-order valence-electron chi connectivity index (χ2n) is 7.32. The highest BCUT2D eigenvalue weighted by Gasteiger charge is 2.29. The van der Waals surface area contributed by atoms with Gasteiger partial charge in [-0.15, -0.1) is 0 Å². The first kappa shape index (κ1) is 18.5. The molecule has 2 aromatic carbocycles. The fourth-order valence-corrected chi connectivity index (χ4v) is 3.64. The zero-order valence-corrected chi connectivity index (χ0v) is 15.9. The average molecular weight is 408 g/mol. The summed E-state index contributed by atoms with van der Waals surface area (Å²) in [5.74, 6) is 0.114. The number of hydrogen-bond acceptors (Lipinski definition) is 4. The number of hydrogen-bond donors (Lipinski definition) is 1. The first-order chi connectivity index (χ1) is 14.6. The minimum atomic E-state index is -0.376. The van der Waals surface area contributed by atoms with E-state index in [1.54, 1.807) is 34.7 Å². The molecule has 1 aliphatic heterocycles. The Morgan fingerprint density at radius 3 is 2.63 bits per heavy atom. The van der Waals surface area contributed by atoms with Crippen LogP contribution in [0.15, 0.2) is 65.7 Å². The Bertz CT molecular complexity index is 1260. The molecular weight excluding hydrogens is 390 g/mol. The quantitative estimate of drug-likeness (QED) is 0.551. The first-order valence-electron chi connectivity index (χ1n) is 9.55. The van der Waals surface area contributed by atoms with E-state index in [0.29, 0.717) is 31.0 Å². The zero-order chi connectivity index (χ0) is 20.7. The molecule has 0 amide bonds. The standard InChI is InChI=1S/C22H18F2N4O2/c23-15-7-5-14(6-8-15)21-25-9-19-22(29)26-16(11-28(19)21)10-27-12-17(13-27)30-20-4-2-1-3-18(20)24/h1-9,11,17H,10,12-13H2,(H,26,29). The molecule has 0 unspecified atom stereocenters. The molecule has 1 saturated heterocycles. The van der Waals surface area contributed by atoms with Gasteiger partial charge in [-0.25, -0.2) is 13.8 Å². The lowest BCUT2D eigenvalue weighted by molar-refractivity contribution is 0.0115. The molecule has 0 radical (unpaired) electrons. The van der Waals surface area contributed by atoms with Crippen LogP contribution in [0.25, 0.3) is 16.9 Å². The van der Waals surface area contributed by atoms with Crippen LogP contribution >= 0.6 is 0 Å². The molecule has 4 aromatic rings. The van der Waals surface area contributed by atoms with Gasteiger partial charge in [-0.1, -0.05) is 12.1 Å². The van der Waals surface area contributed by atoms with Crippen molar-refractivity contribution in [1.82, 2.24) is 19.3 Å². The van der Waals surface area contributed by atoms with E-state index >= 15 is 0 Å². The van der Waals surface area contributed by atoms with Crippen LogP contribution in [0.2, 0.25) is 0 Å². The maximum atomic E-state index is 13.7. The number of rotatable bonds is 5. The lowest BCUT2D eigenvalue weighted by Gasteiger charge is -2.38. The van der Waals surface area contributed by atoms with Crippen LogP contribution in [-0.4, -0.2) is 38.5 Å². The van der Waals surface area contributed by atoms with Crippen LogP contribution < -0.4 is 10.3 Å². The molecule has 30 heavy (non-hydrogen) atoms. The van der Waals surface area contributed by atoms with Crippen LogP contribution in [0.1, 0.15) is 5.69 Å². The van der Waals surface area contributed by atoms with Crippen molar-refractivity contribution in [2.24, 2.45) is 0 Å². The van der Waals surface area contributed by atoms with Crippen LogP contribution in [0.5, 0.6) is 5.75 Å². The lowest BCUT2D eigenvalue weighted by atomic mass is 10.1. The molecule has 0 atom stereocenters. The zero-order valence-electron chi connectivity index (χ0n) is 15.9. The Morgan fingerprint density at radius 2 is 1.87 bits per heavy atom.